The molecular formula is C9H12ClNO2. The van der Waals surface area contributed by atoms with Crippen molar-refractivity contribution in [3.63, 3.8) is 0 Å². The van der Waals surface area contributed by atoms with Gasteiger partial charge in [-0.1, -0.05) is 30.3 Å². The summed E-state index contributed by atoms with van der Waals surface area (Å²) >= 11 is 0. The fourth-order valence-corrected chi connectivity index (χ4v) is 0.964. The van der Waals surface area contributed by atoms with Crippen LogP contribution in [0.1, 0.15) is 11.6 Å². The van der Waals surface area contributed by atoms with E-state index in [1.165, 1.54) is 7.11 Å². The molecule has 0 bridgehead atoms. The van der Waals surface area contributed by atoms with Crippen molar-refractivity contribution in [1.82, 2.24) is 0 Å². The third-order valence-corrected chi connectivity index (χ3v) is 1.69. The summed E-state index contributed by atoms with van der Waals surface area (Å²) in [7, 11) is 1.36. The number of rotatable bonds is 2. The van der Waals surface area contributed by atoms with Crippen LogP contribution in [-0.2, 0) is 9.53 Å². The highest BCUT2D eigenvalue weighted by Crippen LogP contribution is 2.08. The van der Waals surface area contributed by atoms with Crippen molar-refractivity contribution in [2.45, 2.75) is 6.04 Å². The number of carbonyl (C=O) groups excluding carboxylic acids is 1. The number of carbonyl (C=O) groups is 1. The van der Waals surface area contributed by atoms with Gasteiger partial charge in [-0.05, 0) is 0 Å². The monoisotopic (exact) mass is 201 g/mol. The lowest BCUT2D eigenvalue weighted by Crippen LogP contribution is -3.00. The number of hydrogen-bond donors (Lipinski definition) is 1. The van der Waals surface area contributed by atoms with Crippen molar-refractivity contribution in [2.24, 2.45) is 0 Å². The Hall–Kier alpha value is -1.06. The molecule has 0 aliphatic rings. The maximum absolute atomic E-state index is 11.0. The van der Waals surface area contributed by atoms with Crippen LogP contribution in [0.15, 0.2) is 30.3 Å². The molecule has 1 rings (SSSR count). The molecule has 0 saturated carbocycles. The summed E-state index contributed by atoms with van der Waals surface area (Å²) in [6.45, 7) is 0. The predicted octanol–water partition coefficient (Wildman–Crippen LogP) is -2.85. The number of hydrogen-bond acceptors (Lipinski definition) is 2. The van der Waals surface area contributed by atoms with Gasteiger partial charge in [-0.25, -0.2) is 4.79 Å². The second-order valence-electron chi connectivity index (χ2n) is 2.49. The normalized spacial score (nSPS) is 11.2. The van der Waals surface area contributed by atoms with Crippen LogP contribution >= 0.6 is 0 Å². The third-order valence-electron chi connectivity index (χ3n) is 1.69. The molecule has 3 nitrogen and oxygen atoms in total. The minimum atomic E-state index is -0.420. The molecule has 1 aromatic rings. The molecule has 0 saturated heterocycles. The summed E-state index contributed by atoms with van der Waals surface area (Å²) in [6, 6.07) is 8.93. The maximum Gasteiger partial charge on any atom is 0.369 e. The van der Waals surface area contributed by atoms with E-state index in [2.05, 4.69) is 10.5 Å². The number of benzene rings is 1. The van der Waals surface area contributed by atoms with Crippen molar-refractivity contribution in [1.29, 1.82) is 0 Å². The molecule has 0 aliphatic heterocycles. The van der Waals surface area contributed by atoms with E-state index in [-0.39, 0.29) is 18.4 Å². The molecule has 72 valence electrons. The zero-order valence-electron chi connectivity index (χ0n) is 7.37. The van der Waals surface area contributed by atoms with Crippen LogP contribution in [0.25, 0.3) is 0 Å². The summed E-state index contributed by atoms with van der Waals surface area (Å²) in [5.74, 6) is -0.304. The van der Waals surface area contributed by atoms with E-state index in [4.69, 9.17) is 0 Å². The molecular weight excluding hydrogens is 190 g/mol. The molecule has 0 aromatic heterocycles. The van der Waals surface area contributed by atoms with Crippen molar-refractivity contribution in [3.8, 4) is 0 Å². The smallest absolute Gasteiger partial charge is 0.369 e. The van der Waals surface area contributed by atoms with E-state index in [9.17, 15) is 4.79 Å². The quantitative estimate of drug-likeness (QED) is 0.524. The third kappa shape index (κ3) is 3.05. The number of methoxy groups -OCH3 is 1. The highest BCUT2D eigenvalue weighted by molar-refractivity contribution is 5.75. The zero-order valence-corrected chi connectivity index (χ0v) is 8.12. The molecule has 4 heteroatoms. The fraction of sp³-hybridized carbons (Fsp3) is 0.222. The minimum absolute atomic E-state index is 0. The Morgan fingerprint density at radius 1 is 1.38 bits per heavy atom. The van der Waals surface area contributed by atoms with Crippen LogP contribution in [0, 0.1) is 0 Å². The lowest BCUT2D eigenvalue weighted by Gasteiger charge is -2.04. The van der Waals surface area contributed by atoms with Crippen LogP contribution in [0.3, 0.4) is 0 Å². The molecule has 0 radical (unpaired) electrons. The Labute approximate surface area is 83.3 Å². The van der Waals surface area contributed by atoms with Crippen LogP contribution in [0.4, 0.5) is 0 Å². The molecule has 0 amide bonds. The molecule has 1 atom stereocenters. The van der Waals surface area contributed by atoms with E-state index < -0.39 is 6.04 Å². The Balaban J connectivity index is 0.00000144. The topological polar surface area (TPSA) is 53.9 Å². The largest absolute Gasteiger partial charge is 1.00 e. The second-order valence-corrected chi connectivity index (χ2v) is 2.49. The SMILES string of the molecule is COC(=O)[C@@H]([NH3+])c1ccccc1.[Cl-]. The second kappa shape index (κ2) is 5.56. The van der Waals surface area contributed by atoms with Gasteiger partial charge in [-0.15, -0.1) is 0 Å². The van der Waals surface area contributed by atoms with Gasteiger partial charge in [0.15, 0.2) is 0 Å². The van der Waals surface area contributed by atoms with Crippen molar-refractivity contribution in [2.75, 3.05) is 7.11 Å². The number of quaternary nitrogens is 1. The van der Waals surface area contributed by atoms with Crippen LogP contribution in [0.5, 0.6) is 0 Å². The van der Waals surface area contributed by atoms with E-state index in [0.717, 1.165) is 5.56 Å². The molecule has 0 heterocycles. The lowest BCUT2D eigenvalue weighted by atomic mass is 10.1. The van der Waals surface area contributed by atoms with Gasteiger partial charge < -0.3 is 22.9 Å². The summed E-state index contributed by atoms with van der Waals surface area (Å²) in [4.78, 5) is 11.0. The fourth-order valence-electron chi connectivity index (χ4n) is 0.964. The summed E-state index contributed by atoms with van der Waals surface area (Å²) < 4.78 is 4.56. The summed E-state index contributed by atoms with van der Waals surface area (Å²) in [5.41, 5.74) is 4.58. The average Bonchev–Trinajstić information content (AvgIpc) is 2.17. The van der Waals surface area contributed by atoms with E-state index in [1.54, 1.807) is 0 Å². The predicted molar refractivity (Wildman–Crippen MR) is 44.1 cm³/mol. The first-order valence-corrected chi connectivity index (χ1v) is 3.71. The molecule has 3 N–H and O–H groups in total. The lowest BCUT2D eigenvalue weighted by molar-refractivity contribution is -0.414. The van der Waals surface area contributed by atoms with Crippen LogP contribution in [-0.4, -0.2) is 13.1 Å². The first kappa shape index (κ1) is 11.9. The minimum Gasteiger partial charge on any atom is -1.00 e. The zero-order chi connectivity index (χ0) is 8.97. The van der Waals surface area contributed by atoms with Gasteiger partial charge in [0.05, 0.1) is 7.11 Å². The van der Waals surface area contributed by atoms with Crippen molar-refractivity contribution >= 4 is 5.97 Å². The van der Waals surface area contributed by atoms with Gasteiger partial charge in [0.1, 0.15) is 0 Å². The highest BCUT2D eigenvalue weighted by atomic mass is 35.5. The number of halogens is 1. The molecule has 1 aromatic carbocycles. The van der Waals surface area contributed by atoms with Crippen LogP contribution < -0.4 is 18.1 Å². The first-order chi connectivity index (χ1) is 5.75. The molecule has 0 spiro atoms. The Kier molecular flexibility index (Phi) is 5.11. The number of ether oxygens (including phenoxy) is 1. The Morgan fingerprint density at radius 2 is 1.92 bits per heavy atom. The van der Waals surface area contributed by atoms with Gasteiger partial charge in [-0.2, -0.15) is 0 Å². The molecule has 13 heavy (non-hydrogen) atoms. The molecule has 0 aliphatic carbocycles. The summed E-state index contributed by atoms with van der Waals surface area (Å²) in [5, 5.41) is 0. The van der Waals surface area contributed by atoms with Gasteiger partial charge in [0.2, 0.25) is 6.04 Å². The Bertz CT molecular complexity index is 264. The van der Waals surface area contributed by atoms with Crippen molar-refractivity contribution in [3.05, 3.63) is 35.9 Å². The molecule has 0 unspecified atom stereocenters. The summed E-state index contributed by atoms with van der Waals surface area (Å²) in [6.07, 6.45) is 0. The van der Waals surface area contributed by atoms with Crippen molar-refractivity contribution < 1.29 is 27.7 Å². The Morgan fingerprint density at radius 3 is 2.38 bits per heavy atom. The van der Waals surface area contributed by atoms with Gasteiger partial charge >= 0.3 is 5.97 Å². The van der Waals surface area contributed by atoms with Gasteiger partial charge in [-0.3, -0.25) is 0 Å². The maximum atomic E-state index is 11.0. The van der Waals surface area contributed by atoms with E-state index in [0.29, 0.717) is 0 Å². The van der Waals surface area contributed by atoms with Gasteiger partial charge in [0.25, 0.3) is 0 Å². The molecule has 0 fully saturated rings. The first-order valence-electron chi connectivity index (χ1n) is 3.71. The number of esters is 1. The highest BCUT2D eigenvalue weighted by Gasteiger charge is 2.18. The van der Waals surface area contributed by atoms with E-state index in [1.807, 2.05) is 30.3 Å². The van der Waals surface area contributed by atoms with E-state index >= 15 is 0 Å². The standard InChI is InChI=1S/C9H11NO2.ClH/c1-12-9(11)8(10)7-5-3-2-4-6-7;/h2-6,8H,10H2,1H3;1H/t8-;/m0./s1. The van der Waals surface area contributed by atoms with Crippen LogP contribution in [0.2, 0.25) is 0 Å². The van der Waals surface area contributed by atoms with Gasteiger partial charge in [0, 0.05) is 5.56 Å². The average molecular weight is 202 g/mol.